The quantitative estimate of drug-likeness (QED) is 0.626. The number of halogens is 1. The van der Waals surface area contributed by atoms with Gasteiger partial charge in [-0.1, -0.05) is 63.4 Å². The molecule has 1 aliphatic heterocycles. The highest BCUT2D eigenvalue weighted by atomic mass is 35.5. The van der Waals surface area contributed by atoms with E-state index in [1.165, 1.54) is 4.90 Å². The van der Waals surface area contributed by atoms with Crippen molar-refractivity contribution < 1.29 is 14.3 Å². The summed E-state index contributed by atoms with van der Waals surface area (Å²) in [5.74, 6) is 0.258. The van der Waals surface area contributed by atoms with Crippen LogP contribution in [0.2, 0.25) is 5.02 Å². The van der Waals surface area contributed by atoms with Gasteiger partial charge >= 0.3 is 0 Å². The maximum Gasteiger partial charge on any atom is 0.294 e. The summed E-state index contributed by atoms with van der Waals surface area (Å²) in [7, 11) is 0. The van der Waals surface area contributed by atoms with Crippen LogP contribution in [0, 0.1) is 0 Å². The predicted octanol–water partition coefficient (Wildman–Crippen LogP) is 5.46. The van der Waals surface area contributed by atoms with E-state index in [4.69, 9.17) is 16.3 Å². The number of amides is 2. The van der Waals surface area contributed by atoms with Gasteiger partial charge in [-0.2, -0.15) is 0 Å². The molecular formula is C26H29ClN2O3. The number of nitrogens with zero attached hydrogens (tertiary/aromatic N) is 1. The van der Waals surface area contributed by atoms with Crippen molar-refractivity contribution in [2.45, 2.75) is 57.9 Å². The molecule has 5 nitrogen and oxygen atoms in total. The normalized spacial score (nSPS) is 17.9. The van der Waals surface area contributed by atoms with Gasteiger partial charge in [-0.15, -0.1) is 0 Å². The van der Waals surface area contributed by atoms with Gasteiger partial charge in [0.1, 0.15) is 6.54 Å². The number of hydrogen-bond acceptors (Lipinski definition) is 3. The van der Waals surface area contributed by atoms with Crippen LogP contribution in [0.1, 0.15) is 57.6 Å². The number of fused-ring (bicyclic) bond motifs is 1. The number of carbonyl (C=O) groups is 2. The number of rotatable bonds is 4. The van der Waals surface area contributed by atoms with Crippen molar-refractivity contribution >= 4 is 35.2 Å². The highest BCUT2D eigenvalue weighted by Gasteiger charge is 2.33. The van der Waals surface area contributed by atoms with Gasteiger partial charge < -0.3 is 10.1 Å². The second kappa shape index (κ2) is 8.99. The summed E-state index contributed by atoms with van der Waals surface area (Å²) < 4.78 is 6.00. The third kappa shape index (κ3) is 4.99. The fourth-order valence-corrected chi connectivity index (χ4v) is 4.26. The second-order valence-corrected chi connectivity index (χ2v) is 9.97. The molecule has 0 aromatic heterocycles. The lowest BCUT2D eigenvalue weighted by molar-refractivity contribution is -0.123. The number of ether oxygens (including phenoxy) is 1. The van der Waals surface area contributed by atoms with E-state index in [2.05, 4.69) is 26.1 Å². The third-order valence-electron chi connectivity index (χ3n) is 5.98. The number of benzene rings is 2. The van der Waals surface area contributed by atoms with Gasteiger partial charge in [0.2, 0.25) is 5.91 Å². The summed E-state index contributed by atoms with van der Waals surface area (Å²) in [5.41, 5.74) is 2.38. The molecule has 1 aliphatic carbocycles. The van der Waals surface area contributed by atoms with E-state index in [-0.39, 0.29) is 35.6 Å². The summed E-state index contributed by atoms with van der Waals surface area (Å²) in [6.07, 6.45) is 5.94. The molecule has 1 N–H and O–H groups in total. The molecule has 0 atom stereocenters. The molecule has 1 fully saturated rings. The predicted molar refractivity (Wildman–Crippen MR) is 128 cm³/mol. The molecule has 0 radical (unpaired) electrons. The summed E-state index contributed by atoms with van der Waals surface area (Å²) in [5, 5.41) is 3.70. The van der Waals surface area contributed by atoms with Crippen LogP contribution in [-0.2, 0) is 15.0 Å². The molecule has 1 saturated carbocycles. The van der Waals surface area contributed by atoms with Crippen LogP contribution in [0.5, 0.6) is 5.75 Å². The summed E-state index contributed by atoms with van der Waals surface area (Å²) in [4.78, 5) is 27.8. The van der Waals surface area contributed by atoms with Gasteiger partial charge in [-0.05, 0) is 59.7 Å². The highest BCUT2D eigenvalue weighted by Crippen LogP contribution is 2.39. The zero-order chi connectivity index (χ0) is 22.9. The van der Waals surface area contributed by atoms with Crippen molar-refractivity contribution in [2.24, 2.45) is 0 Å². The van der Waals surface area contributed by atoms with E-state index >= 15 is 0 Å². The maximum absolute atomic E-state index is 13.4. The van der Waals surface area contributed by atoms with Crippen LogP contribution < -0.4 is 15.0 Å². The molecule has 2 aliphatic rings. The molecule has 168 valence electrons. The molecule has 32 heavy (non-hydrogen) atoms. The second-order valence-electron chi connectivity index (χ2n) is 9.53. The standard InChI is InChI=1S/C26H29ClN2O3/c1-26(2,3)18-10-13-22-21(15-18)29(16-24(30)28-20-6-4-5-7-20)25(31)23(32-22)14-17-8-11-19(27)12-9-17/h8-15,20H,4-7,16H2,1-3H3,(H,28,30)/b23-14+. The fourth-order valence-electron chi connectivity index (χ4n) is 4.13. The fraction of sp³-hybridized carbons (Fsp3) is 0.385. The number of nitrogens with one attached hydrogen (secondary N) is 1. The van der Waals surface area contributed by atoms with E-state index in [1.807, 2.05) is 30.3 Å². The third-order valence-corrected chi connectivity index (χ3v) is 6.23. The molecule has 0 spiro atoms. The summed E-state index contributed by atoms with van der Waals surface area (Å²) in [6.45, 7) is 6.30. The zero-order valence-electron chi connectivity index (χ0n) is 18.8. The average molecular weight is 453 g/mol. The number of hydrogen-bond donors (Lipinski definition) is 1. The molecule has 2 amide bonds. The first kappa shape index (κ1) is 22.4. The van der Waals surface area contributed by atoms with Crippen LogP contribution in [0.25, 0.3) is 6.08 Å². The molecule has 0 saturated heterocycles. The Kier molecular flexibility index (Phi) is 6.29. The molecule has 2 aromatic carbocycles. The SMILES string of the molecule is CC(C)(C)c1ccc2c(c1)N(CC(=O)NC1CCCC1)C(=O)/C(=C\c1ccc(Cl)cc1)O2. The van der Waals surface area contributed by atoms with Gasteiger partial charge in [0.15, 0.2) is 11.5 Å². The van der Waals surface area contributed by atoms with E-state index in [0.717, 1.165) is 36.8 Å². The van der Waals surface area contributed by atoms with Crippen molar-refractivity contribution in [3.63, 3.8) is 0 Å². The van der Waals surface area contributed by atoms with Gasteiger partial charge in [0, 0.05) is 11.1 Å². The molecule has 1 heterocycles. The Morgan fingerprint density at radius 2 is 1.84 bits per heavy atom. The maximum atomic E-state index is 13.4. The van der Waals surface area contributed by atoms with Crippen LogP contribution in [0.4, 0.5) is 5.69 Å². The van der Waals surface area contributed by atoms with Crippen LogP contribution in [-0.4, -0.2) is 24.4 Å². The Bertz CT molecular complexity index is 1050. The Morgan fingerprint density at radius 3 is 2.50 bits per heavy atom. The first-order chi connectivity index (χ1) is 15.2. The summed E-state index contributed by atoms with van der Waals surface area (Å²) >= 11 is 5.98. The average Bonchev–Trinajstić information content (AvgIpc) is 3.24. The van der Waals surface area contributed by atoms with Crippen molar-refractivity contribution in [2.75, 3.05) is 11.4 Å². The van der Waals surface area contributed by atoms with E-state index in [1.54, 1.807) is 18.2 Å². The molecular weight excluding hydrogens is 424 g/mol. The van der Waals surface area contributed by atoms with Crippen LogP contribution >= 0.6 is 11.6 Å². The monoisotopic (exact) mass is 452 g/mol. The Morgan fingerprint density at radius 1 is 1.16 bits per heavy atom. The lowest BCUT2D eigenvalue weighted by atomic mass is 9.86. The van der Waals surface area contributed by atoms with Crippen molar-refractivity contribution in [1.29, 1.82) is 0 Å². The smallest absolute Gasteiger partial charge is 0.294 e. The minimum absolute atomic E-state index is 0.0444. The van der Waals surface area contributed by atoms with Gasteiger partial charge in [0.25, 0.3) is 5.91 Å². The minimum Gasteiger partial charge on any atom is -0.449 e. The molecule has 0 unspecified atom stereocenters. The Balaban J connectivity index is 1.68. The molecule has 2 aromatic rings. The van der Waals surface area contributed by atoms with Crippen LogP contribution in [0.3, 0.4) is 0 Å². The van der Waals surface area contributed by atoms with Gasteiger partial charge in [-0.3, -0.25) is 14.5 Å². The van der Waals surface area contributed by atoms with Crippen molar-refractivity contribution in [3.05, 3.63) is 64.4 Å². The molecule has 4 rings (SSSR count). The highest BCUT2D eigenvalue weighted by molar-refractivity contribution is 6.30. The summed E-state index contributed by atoms with van der Waals surface area (Å²) in [6, 6.07) is 13.2. The van der Waals surface area contributed by atoms with E-state index in [0.29, 0.717) is 16.5 Å². The largest absolute Gasteiger partial charge is 0.449 e. The lowest BCUT2D eigenvalue weighted by Crippen LogP contribution is -2.46. The first-order valence-corrected chi connectivity index (χ1v) is 11.5. The lowest BCUT2D eigenvalue weighted by Gasteiger charge is -2.32. The van der Waals surface area contributed by atoms with Gasteiger partial charge in [-0.25, -0.2) is 0 Å². The first-order valence-electron chi connectivity index (χ1n) is 11.1. The minimum atomic E-state index is -0.333. The van der Waals surface area contributed by atoms with Crippen molar-refractivity contribution in [3.8, 4) is 5.75 Å². The topological polar surface area (TPSA) is 58.6 Å². The number of carbonyl (C=O) groups excluding carboxylic acids is 2. The number of anilines is 1. The van der Waals surface area contributed by atoms with Crippen molar-refractivity contribution in [1.82, 2.24) is 5.32 Å². The zero-order valence-corrected chi connectivity index (χ0v) is 19.5. The van der Waals surface area contributed by atoms with Gasteiger partial charge in [0.05, 0.1) is 5.69 Å². The molecule has 6 heteroatoms. The van der Waals surface area contributed by atoms with E-state index < -0.39 is 0 Å². The Hall–Kier alpha value is -2.79. The molecule has 0 bridgehead atoms. The van der Waals surface area contributed by atoms with E-state index in [9.17, 15) is 9.59 Å². The Labute approximate surface area is 194 Å². The van der Waals surface area contributed by atoms with Crippen LogP contribution in [0.15, 0.2) is 48.2 Å².